The van der Waals surface area contributed by atoms with Crippen LogP contribution < -0.4 is 10.6 Å². The lowest BCUT2D eigenvalue weighted by molar-refractivity contribution is -0.116. The third kappa shape index (κ3) is 5.19. The molecule has 2 N–H and O–H groups in total. The zero-order chi connectivity index (χ0) is 15.8. The summed E-state index contributed by atoms with van der Waals surface area (Å²) in [7, 11) is 0. The number of hydrogen-bond donors (Lipinski definition) is 2. The lowest BCUT2D eigenvalue weighted by atomic mass is 10.3. The summed E-state index contributed by atoms with van der Waals surface area (Å²) in [6, 6.07) is 1.75. The summed E-state index contributed by atoms with van der Waals surface area (Å²) in [5.41, 5.74) is 0.620. The number of rotatable bonds is 8. The van der Waals surface area contributed by atoms with Crippen LogP contribution in [0.15, 0.2) is 16.8 Å². The van der Waals surface area contributed by atoms with Gasteiger partial charge in [-0.1, -0.05) is 24.7 Å². The number of anilines is 1. The van der Waals surface area contributed by atoms with Crippen LogP contribution in [0.1, 0.15) is 41.6 Å². The molecule has 0 saturated carbocycles. The molecular formula is C14H18N4O2S2. The highest BCUT2D eigenvalue weighted by atomic mass is 32.1. The number of unbranched alkanes of at least 4 members (excludes halogenated alkanes) is 1. The molecule has 0 aliphatic rings. The average Bonchev–Trinajstić information content (AvgIpc) is 3.16. The Bertz CT molecular complexity index is 610. The van der Waals surface area contributed by atoms with Crippen LogP contribution >= 0.6 is 22.7 Å². The Morgan fingerprint density at radius 1 is 1.32 bits per heavy atom. The number of thiophene rings is 1. The molecule has 0 aliphatic carbocycles. The van der Waals surface area contributed by atoms with E-state index in [9.17, 15) is 9.59 Å². The fraction of sp³-hybridized carbons (Fsp3) is 0.429. The van der Waals surface area contributed by atoms with E-state index in [2.05, 4.69) is 27.8 Å². The first-order valence-corrected chi connectivity index (χ1v) is 8.87. The van der Waals surface area contributed by atoms with Crippen LogP contribution in [0.4, 0.5) is 5.13 Å². The molecule has 0 aromatic carbocycles. The first kappa shape index (κ1) is 16.6. The minimum absolute atomic E-state index is 0.160. The van der Waals surface area contributed by atoms with Gasteiger partial charge < -0.3 is 10.6 Å². The standard InChI is InChI=1S/C14H18N4O2S2/c1-2-3-4-12-17-18-14(22-12)16-11(19)5-7-15-13(20)10-6-8-21-9-10/h6,8-9H,2-5,7H2,1H3,(H,15,20)(H,16,18,19). The molecule has 2 aromatic rings. The normalized spacial score (nSPS) is 10.4. The summed E-state index contributed by atoms with van der Waals surface area (Å²) in [5, 5.41) is 18.5. The van der Waals surface area contributed by atoms with Crippen LogP contribution in [-0.2, 0) is 11.2 Å². The van der Waals surface area contributed by atoms with E-state index in [0.717, 1.165) is 24.3 Å². The summed E-state index contributed by atoms with van der Waals surface area (Å²) < 4.78 is 0. The second kappa shape index (κ2) is 8.60. The molecule has 0 fully saturated rings. The van der Waals surface area contributed by atoms with Gasteiger partial charge in [-0.3, -0.25) is 9.59 Å². The highest BCUT2D eigenvalue weighted by Crippen LogP contribution is 2.17. The van der Waals surface area contributed by atoms with E-state index in [4.69, 9.17) is 0 Å². The van der Waals surface area contributed by atoms with Gasteiger partial charge in [-0.05, 0) is 17.9 Å². The van der Waals surface area contributed by atoms with E-state index in [-0.39, 0.29) is 18.2 Å². The Kier molecular flexibility index (Phi) is 6.47. The van der Waals surface area contributed by atoms with Crippen molar-refractivity contribution in [2.45, 2.75) is 32.6 Å². The second-order valence-electron chi connectivity index (χ2n) is 4.67. The Labute approximate surface area is 137 Å². The van der Waals surface area contributed by atoms with Crippen molar-refractivity contribution in [2.75, 3.05) is 11.9 Å². The maximum absolute atomic E-state index is 11.8. The van der Waals surface area contributed by atoms with Gasteiger partial charge in [0.05, 0.1) is 0 Å². The molecule has 0 unspecified atom stereocenters. The van der Waals surface area contributed by atoms with Gasteiger partial charge in [0.15, 0.2) is 0 Å². The molecule has 0 atom stereocenters. The van der Waals surface area contributed by atoms with Gasteiger partial charge in [-0.25, -0.2) is 0 Å². The zero-order valence-corrected chi connectivity index (χ0v) is 13.9. The molecule has 8 heteroatoms. The zero-order valence-electron chi connectivity index (χ0n) is 12.3. The number of hydrogen-bond acceptors (Lipinski definition) is 6. The first-order valence-electron chi connectivity index (χ1n) is 7.11. The van der Waals surface area contributed by atoms with E-state index in [1.807, 2.05) is 5.38 Å². The third-order valence-electron chi connectivity index (χ3n) is 2.88. The van der Waals surface area contributed by atoms with Gasteiger partial charge in [-0.15, -0.1) is 10.2 Å². The van der Waals surface area contributed by atoms with Gasteiger partial charge in [0.1, 0.15) is 5.01 Å². The fourth-order valence-corrected chi connectivity index (χ4v) is 3.13. The molecular weight excluding hydrogens is 320 g/mol. The fourth-order valence-electron chi connectivity index (χ4n) is 1.70. The number of aromatic nitrogens is 2. The third-order valence-corrected chi connectivity index (χ3v) is 4.46. The number of carbonyl (C=O) groups is 2. The molecule has 0 aliphatic heterocycles. The van der Waals surface area contributed by atoms with Crippen molar-refractivity contribution >= 4 is 39.6 Å². The number of nitrogens with one attached hydrogen (secondary N) is 2. The average molecular weight is 338 g/mol. The summed E-state index contributed by atoms with van der Waals surface area (Å²) in [6.07, 6.45) is 3.27. The number of carbonyl (C=O) groups excluding carboxylic acids is 2. The van der Waals surface area contributed by atoms with Gasteiger partial charge in [0, 0.05) is 30.3 Å². The summed E-state index contributed by atoms with van der Waals surface area (Å²) in [4.78, 5) is 23.5. The summed E-state index contributed by atoms with van der Waals surface area (Å²) in [6.45, 7) is 2.41. The molecule has 0 spiro atoms. The molecule has 22 heavy (non-hydrogen) atoms. The Morgan fingerprint density at radius 2 is 2.18 bits per heavy atom. The molecule has 2 aromatic heterocycles. The largest absolute Gasteiger partial charge is 0.351 e. The van der Waals surface area contributed by atoms with E-state index in [1.165, 1.54) is 22.7 Å². The highest BCUT2D eigenvalue weighted by Gasteiger charge is 2.09. The lowest BCUT2D eigenvalue weighted by Gasteiger charge is -2.03. The van der Waals surface area contributed by atoms with Crippen LogP contribution in [0.5, 0.6) is 0 Å². The summed E-state index contributed by atoms with van der Waals surface area (Å²) >= 11 is 2.86. The Morgan fingerprint density at radius 3 is 2.91 bits per heavy atom. The lowest BCUT2D eigenvalue weighted by Crippen LogP contribution is -2.27. The molecule has 2 amide bonds. The molecule has 0 radical (unpaired) electrons. The minimum atomic E-state index is -0.177. The van der Waals surface area contributed by atoms with Gasteiger partial charge in [0.2, 0.25) is 11.0 Å². The van der Waals surface area contributed by atoms with E-state index >= 15 is 0 Å². The predicted octanol–water partition coefficient (Wildman–Crippen LogP) is 2.70. The van der Waals surface area contributed by atoms with Crippen LogP contribution in [0.3, 0.4) is 0 Å². The van der Waals surface area contributed by atoms with Gasteiger partial charge >= 0.3 is 0 Å². The summed E-state index contributed by atoms with van der Waals surface area (Å²) in [5.74, 6) is -0.337. The number of amides is 2. The number of nitrogens with zero attached hydrogens (tertiary/aromatic N) is 2. The SMILES string of the molecule is CCCCc1nnc(NC(=O)CCNC(=O)c2ccsc2)s1. The highest BCUT2D eigenvalue weighted by molar-refractivity contribution is 7.15. The van der Waals surface area contributed by atoms with Crippen molar-refractivity contribution in [3.63, 3.8) is 0 Å². The van der Waals surface area contributed by atoms with Crippen LogP contribution in [0.25, 0.3) is 0 Å². The molecule has 0 saturated heterocycles. The smallest absolute Gasteiger partial charge is 0.252 e. The van der Waals surface area contributed by atoms with Crippen LogP contribution in [0.2, 0.25) is 0 Å². The predicted molar refractivity (Wildman–Crippen MR) is 88.4 cm³/mol. The quantitative estimate of drug-likeness (QED) is 0.775. The topological polar surface area (TPSA) is 84.0 Å². The van der Waals surface area contributed by atoms with Crippen molar-refractivity contribution in [2.24, 2.45) is 0 Å². The Balaban J connectivity index is 1.69. The molecule has 118 valence electrons. The van der Waals surface area contributed by atoms with Crippen molar-refractivity contribution in [1.29, 1.82) is 0 Å². The molecule has 2 rings (SSSR count). The van der Waals surface area contributed by atoms with Crippen molar-refractivity contribution in [3.05, 3.63) is 27.4 Å². The van der Waals surface area contributed by atoms with E-state index < -0.39 is 0 Å². The minimum Gasteiger partial charge on any atom is -0.351 e. The maximum atomic E-state index is 11.8. The van der Waals surface area contributed by atoms with E-state index in [0.29, 0.717) is 17.2 Å². The van der Waals surface area contributed by atoms with Crippen molar-refractivity contribution in [1.82, 2.24) is 15.5 Å². The molecule has 0 bridgehead atoms. The number of aryl methyl sites for hydroxylation is 1. The van der Waals surface area contributed by atoms with Crippen molar-refractivity contribution < 1.29 is 9.59 Å². The van der Waals surface area contributed by atoms with E-state index in [1.54, 1.807) is 11.4 Å². The van der Waals surface area contributed by atoms with Crippen molar-refractivity contribution in [3.8, 4) is 0 Å². The van der Waals surface area contributed by atoms with Gasteiger partial charge in [-0.2, -0.15) is 11.3 Å². The van der Waals surface area contributed by atoms with Crippen LogP contribution in [0, 0.1) is 0 Å². The molecule has 6 nitrogen and oxygen atoms in total. The maximum Gasteiger partial charge on any atom is 0.252 e. The first-order chi connectivity index (χ1) is 10.7. The second-order valence-corrected chi connectivity index (χ2v) is 6.51. The molecule has 2 heterocycles. The monoisotopic (exact) mass is 338 g/mol. The van der Waals surface area contributed by atoms with Gasteiger partial charge in [0.25, 0.3) is 5.91 Å². The Hall–Kier alpha value is -1.80. The van der Waals surface area contributed by atoms with Crippen LogP contribution in [-0.4, -0.2) is 28.6 Å².